The highest BCUT2D eigenvalue weighted by molar-refractivity contribution is 7.08. The molecule has 0 spiro atoms. The van der Waals surface area contributed by atoms with Crippen molar-refractivity contribution < 1.29 is 4.79 Å². The predicted octanol–water partition coefficient (Wildman–Crippen LogP) is 5.36. The molecule has 1 saturated heterocycles. The number of likely N-dealkylation sites (tertiary alicyclic amines) is 1. The van der Waals surface area contributed by atoms with E-state index in [1.165, 1.54) is 5.56 Å². The van der Waals surface area contributed by atoms with E-state index in [4.69, 9.17) is 0 Å². The van der Waals surface area contributed by atoms with Gasteiger partial charge in [0.1, 0.15) is 0 Å². The van der Waals surface area contributed by atoms with Crippen molar-refractivity contribution >= 4 is 40.6 Å². The lowest BCUT2D eigenvalue weighted by atomic mass is 9.94. The lowest BCUT2D eigenvalue weighted by Crippen LogP contribution is -2.37. The van der Waals surface area contributed by atoms with Crippen molar-refractivity contribution in [2.24, 2.45) is 0 Å². The number of hydrogen-bond acceptors (Lipinski definition) is 4. The van der Waals surface area contributed by atoms with E-state index in [1.54, 1.807) is 22.7 Å². The molecule has 0 amide bonds. The maximum absolute atomic E-state index is 13.0. The lowest BCUT2D eigenvalue weighted by Gasteiger charge is -2.29. The van der Waals surface area contributed by atoms with Crippen molar-refractivity contribution in [2.45, 2.75) is 6.54 Å². The zero-order chi connectivity index (χ0) is 17.8. The standard InChI is InChI=1S/C22H19NOS2/c24-22-20(10-18-6-8-25-15-18)13-23(12-17-4-2-1-3-5-17)14-21(22)11-19-7-9-26-16-19/h1-11,15-16H,12-14H2. The van der Waals surface area contributed by atoms with Gasteiger partial charge in [0, 0.05) is 30.8 Å². The molecule has 26 heavy (non-hydrogen) atoms. The predicted molar refractivity (Wildman–Crippen MR) is 111 cm³/mol. The number of piperidine rings is 1. The molecule has 0 aliphatic carbocycles. The van der Waals surface area contributed by atoms with Crippen LogP contribution in [0.3, 0.4) is 0 Å². The first-order valence-electron chi connectivity index (χ1n) is 8.54. The van der Waals surface area contributed by atoms with Crippen molar-refractivity contribution in [1.82, 2.24) is 4.90 Å². The van der Waals surface area contributed by atoms with E-state index in [2.05, 4.69) is 52.1 Å². The largest absolute Gasteiger partial charge is 0.290 e. The summed E-state index contributed by atoms with van der Waals surface area (Å²) in [6.45, 7) is 2.21. The van der Waals surface area contributed by atoms with Crippen molar-refractivity contribution in [1.29, 1.82) is 0 Å². The van der Waals surface area contributed by atoms with Gasteiger partial charge >= 0.3 is 0 Å². The average molecular weight is 378 g/mol. The Morgan fingerprint density at radius 1 is 0.846 bits per heavy atom. The summed E-state index contributed by atoms with van der Waals surface area (Å²) in [4.78, 5) is 15.4. The summed E-state index contributed by atoms with van der Waals surface area (Å²) in [5, 5.41) is 8.25. The fraction of sp³-hybridized carbons (Fsp3) is 0.136. The number of nitrogens with zero attached hydrogens (tertiary/aromatic N) is 1. The highest BCUT2D eigenvalue weighted by Crippen LogP contribution is 2.24. The smallest absolute Gasteiger partial charge is 0.187 e. The molecule has 0 unspecified atom stereocenters. The maximum atomic E-state index is 13.0. The Morgan fingerprint density at radius 2 is 1.42 bits per heavy atom. The average Bonchev–Trinajstić information content (AvgIpc) is 3.34. The van der Waals surface area contributed by atoms with Crippen molar-refractivity contribution in [2.75, 3.05) is 13.1 Å². The normalized spacial score (nSPS) is 18.7. The van der Waals surface area contributed by atoms with Gasteiger partial charge in [-0.2, -0.15) is 22.7 Å². The Bertz CT molecular complexity index is 866. The summed E-state index contributed by atoms with van der Waals surface area (Å²) >= 11 is 3.31. The minimum atomic E-state index is 0.173. The minimum Gasteiger partial charge on any atom is -0.290 e. The van der Waals surface area contributed by atoms with Crippen LogP contribution in [0.15, 0.2) is 75.1 Å². The van der Waals surface area contributed by atoms with Crippen LogP contribution in [0.4, 0.5) is 0 Å². The topological polar surface area (TPSA) is 20.3 Å². The monoisotopic (exact) mass is 377 g/mol. The van der Waals surface area contributed by atoms with Gasteiger partial charge in [-0.1, -0.05) is 30.3 Å². The van der Waals surface area contributed by atoms with Crippen LogP contribution in [-0.4, -0.2) is 23.8 Å². The number of thiophene rings is 2. The van der Waals surface area contributed by atoms with Crippen LogP contribution >= 0.6 is 22.7 Å². The Morgan fingerprint density at radius 3 is 1.92 bits per heavy atom. The minimum absolute atomic E-state index is 0.173. The van der Waals surface area contributed by atoms with Crippen LogP contribution in [-0.2, 0) is 11.3 Å². The molecule has 0 saturated carbocycles. The Balaban J connectivity index is 1.64. The number of carbonyl (C=O) groups is 1. The SMILES string of the molecule is O=C1C(=Cc2ccsc2)CN(Cc2ccccc2)CC1=Cc1ccsc1. The molecule has 1 aromatic carbocycles. The summed E-state index contributed by atoms with van der Waals surface area (Å²) in [5.41, 5.74) is 5.22. The highest BCUT2D eigenvalue weighted by atomic mass is 32.1. The second-order valence-corrected chi connectivity index (χ2v) is 7.97. The van der Waals surface area contributed by atoms with Crippen LogP contribution in [0.1, 0.15) is 16.7 Å². The summed E-state index contributed by atoms with van der Waals surface area (Å²) in [6.07, 6.45) is 4.08. The van der Waals surface area contributed by atoms with E-state index in [1.807, 2.05) is 29.0 Å². The molecule has 130 valence electrons. The summed E-state index contributed by atoms with van der Waals surface area (Å²) < 4.78 is 0. The third-order valence-electron chi connectivity index (χ3n) is 4.39. The van der Waals surface area contributed by atoms with Crippen molar-refractivity contribution in [3.05, 3.63) is 91.8 Å². The quantitative estimate of drug-likeness (QED) is 0.570. The summed E-state index contributed by atoms with van der Waals surface area (Å²) in [5.74, 6) is 0.173. The van der Waals surface area contributed by atoms with E-state index in [0.717, 1.165) is 28.8 Å². The van der Waals surface area contributed by atoms with Gasteiger partial charge in [-0.15, -0.1) is 0 Å². The van der Waals surface area contributed by atoms with Crippen LogP contribution in [0, 0.1) is 0 Å². The first-order valence-corrected chi connectivity index (χ1v) is 10.4. The molecule has 0 radical (unpaired) electrons. The Labute approximate surface area is 161 Å². The van der Waals surface area contributed by atoms with Gasteiger partial charge < -0.3 is 0 Å². The molecule has 2 nitrogen and oxygen atoms in total. The van der Waals surface area contributed by atoms with Gasteiger partial charge in [-0.3, -0.25) is 9.69 Å². The number of carbonyl (C=O) groups excluding carboxylic acids is 1. The zero-order valence-electron chi connectivity index (χ0n) is 14.3. The molecule has 4 rings (SSSR count). The summed E-state index contributed by atoms with van der Waals surface area (Å²) in [7, 11) is 0. The van der Waals surface area contributed by atoms with Crippen LogP contribution in [0.2, 0.25) is 0 Å². The number of ketones is 1. The Kier molecular flexibility index (Phi) is 5.25. The molecule has 0 atom stereocenters. The fourth-order valence-corrected chi connectivity index (χ4v) is 4.42. The molecule has 3 aromatic rings. The second kappa shape index (κ2) is 7.96. The molecule has 1 aliphatic rings. The number of Topliss-reactive ketones (excluding diaryl/α,β-unsaturated/α-hetero) is 1. The number of hydrogen-bond donors (Lipinski definition) is 0. The van der Waals surface area contributed by atoms with Gasteiger partial charge in [-0.25, -0.2) is 0 Å². The molecule has 3 heterocycles. The van der Waals surface area contributed by atoms with Crippen molar-refractivity contribution in [3.63, 3.8) is 0 Å². The van der Waals surface area contributed by atoms with Gasteiger partial charge in [0.15, 0.2) is 5.78 Å². The van der Waals surface area contributed by atoms with E-state index < -0.39 is 0 Å². The third-order valence-corrected chi connectivity index (χ3v) is 5.79. The Hall–Kier alpha value is -2.27. The van der Waals surface area contributed by atoms with Crippen molar-refractivity contribution in [3.8, 4) is 0 Å². The number of rotatable bonds is 4. The zero-order valence-corrected chi connectivity index (χ0v) is 15.9. The molecule has 1 aliphatic heterocycles. The molecular weight excluding hydrogens is 358 g/mol. The second-order valence-electron chi connectivity index (χ2n) is 6.41. The molecule has 4 heteroatoms. The molecule has 0 N–H and O–H groups in total. The molecule has 1 fully saturated rings. The fourth-order valence-electron chi connectivity index (χ4n) is 3.18. The van der Waals surface area contributed by atoms with Gasteiger partial charge in [-0.05, 0) is 62.5 Å². The molecular formula is C22H19NOS2. The molecule has 0 bridgehead atoms. The summed E-state index contributed by atoms with van der Waals surface area (Å²) in [6, 6.07) is 14.6. The van der Waals surface area contributed by atoms with Crippen LogP contribution in [0.25, 0.3) is 12.2 Å². The van der Waals surface area contributed by atoms with E-state index in [-0.39, 0.29) is 5.78 Å². The maximum Gasteiger partial charge on any atom is 0.187 e. The number of benzene rings is 1. The van der Waals surface area contributed by atoms with E-state index >= 15 is 0 Å². The van der Waals surface area contributed by atoms with E-state index in [0.29, 0.717) is 13.1 Å². The lowest BCUT2D eigenvalue weighted by molar-refractivity contribution is -0.113. The van der Waals surface area contributed by atoms with Crippen LogP contribution < -0.4 is 0 Å². The highest BCUT2D eigenvalue weighted by Gasteiger charge is 2.26. The first kappa shape index (κ1) is 17.2. The third kappa shape index (κ3) is 4.10. The van der Waals surface area contributed by atoms with Crippen LogP contribution in [0.5, 0.6) is 0 Å². The van der Waals surface area contributed by atoms with Gasteiger partial charge in [0.05, 0.1) is 0 Å². The van der Waals surface area contributed by atoms with Gasteiger partial charge in [0.2, 0.25) is 0 Å². The first-order chi connectivity index (χ1) is 12.8. The van der Waals surface area contributed by atoms with E-state index in [9.17, 15) is 4.79 Å². The van der Waals surface area contributed by atoms with Gasteiger partial charge in [0.25, 0.3) is 0 Å². The molecule has 2 aromatic heterocycles.